The molecule has 0 N–H and O–H groups in total. The fraction of sp³-hybridized carbons (Fsp3) is 0.684. The number of likely N-dealkylation sites (tertiary alicyclic amines) is 1. The molecular weight excluding hydrogens is 308 g/mol. The summed E-state index contributed by atoms with van der Waals surface area (Å²) in [5, 5.41) is 0. The Morgan fingerprint density at radius 1 is 1.17 bits per heavy atom. The molecule has 3 rings (SSSR count). The van der Waals surface area contributed by atoms with E-state index < -0.39 is 0 Å². The fourth-order valence-electron chi connectivity index (χ4n) is 3.73. The van der Waals surface area contributed by atoms with Crippen LogP contribution in [-0.2, 0) is 12.8 Å². The average molecular weight is 339 g/mol. The van der Waals surface area contributed by atoms with Gasteiger partial charge in [0.05, 0.1) is 0 Å². The SMILES string of the molecule is CN(C)CCOc1ccc2c(c1)CCC(CN1CCCC1)C2.Cl. The van der Waals surface area contributed by atoms with Crippen LogP contribution < -0.4 is 4.74 Å². The van der Waals surface area contributed by atoms with E-state index >= 15 is 0 Å². The first-order chi connectivity index (χ1) is 10.7. The number of benzene rings is 1. The zero-order valence-corrected chi connectivity index (χ0v) is 15.4. The molecule has 0 radical (unpaired) electrons. The van der Waals surface area contributed by atoms with Crippen LogP contribution in [0.5, 0.6) is 5.75 Å². The van der Waals surface area contributed by atoms with Gasteiger partial charge in [-0.25, -0.2) is 0 Å². The third kappa shape index (κ3) is 5.37. The molecule has 1 aliphatic heterocycles. The lowest BCUT2D eigenvalue weighted by Gasteiger charge is -2.28. The summed E-state index contributed by atoms with van der Waals surface area (Å²) >= 11 is 0. The molecule has 0 aromatic heterocycles. The van der Waals surface area contributed by atoms with Crippen molar-refractivity contribution in [1.82, 2.24) is 9.80 Å². The Morgan fingerprint density at radius 3 is 2.70 bits per heavy atom. The van der Waals surface area contributed by atoms with Crippen molar-refractivity contribution in [2.45, 2.75) is 32.1 Å². The predicted molar refractivity (Wildman–Crippen MR) is 98.9 cm³/mol. The van der Waals surface area contributed by atoms with Crippen molar-refractivity contribution >= 4 is 12.4 Å². The summed E-state index contributed by atoms with van der Waals surface area (Å²) in [6.45, 7) is 5.68. The van der Waals surface area contributed by atoms with Crippen molar-refractivity contribution in [3.63, 3.8) is 0 Å². The van der Waals surface area contributed by atoms with Crippen LogP contribution in [0.25, 0.3) is 0 Å². The number of hydrogen-bond acceptors (Lipinski definition) is 3. The third-order valence-corrected chi connectivity index (χ3v) is 5.03. The highest BCUT2D eigenvalue weighted by Crippen LogP contribution is 2.29. The lowest BCUT2D eigenvalue weighted by molar-refractivity contribution is 0.257. The van der Waals surface area contributed by atoms with Gasteiger partial charge in [0.25, 0.3) is 0 Å². The number of rotatable bonds is 6. The summed E-state index contributed by atoms with van der Waals surface area (Å²) in [6.07, 6.45) is 6.61. The van der Waals surface area contributed by atoms with Gasteiger partial charge in [-0.2, -0.15) is 0 Å². The zero-order valence-electron chi connectivity index (χ0n) is 14.6. The Hall–Kier alpha value is -0.770. The van der Waals surface area contributed by atoms with E-state index in [1.165, 1.54) is 57.3 Å². The topological polar surface area (TPSA) is 15.7 Å². The first-order valence-electron chi connectivity index (χ1n) is 8.82. The van der Waals surface area contributed by atoms with Gasteiger partial charge in [0.2, 0.25) is 0 Å². The molecular formula is C19H31ClN2O. The highest BCUT2D eigenvalue weighted by atomic mass is 35.5. The van der Waals surface area contributed by atoms with E-state index in [2.05, 4.69) is 42.1 Å². The van der Waals surface area contributed by atoms with E-state index in [1.54, 1.807) is 5.56 Å². The van der Waals surface area contributed by atoms with Crippen molar-refractivity contribution in [2.24, 2.45) is 5.92 Å². The van der Waals surface area contributed by atoms with Gasteiger partial charge in [-0.1, -0.05) is 6.07 Å². The smallest absolute Gasteiger partial charge is 0.119 e. The largest absolute Gasteiger partial charge is 0.492 e. The lowest BCUT2D eigenvalue weighted by Crippen LogP contribution is -2.30. The number of likely N-dealkylation sites (N-methyl/N-ethyl adjacent to an activating group) is 1. The average Bonchev–Trinajstić information content (AvgIpc) is 3.00. The fourth-order valence-corrected chi connectivity index (χ4v) is 3.73. The van der Waals surface area contributed by atoms with Crippen LogP contribution in [0.3, 0.4) is 0 Å². The van der Waals surface area contributed by atoms with Gasteiger partial charge in [-0.05, 0) is 88.5 Å². The second-order valence-corrected chi connectivity index (χ2v) is 7.20. The number of halogens is 1. The number of fused-ring (bicyclic) bond motifs is 1. The molecule has 1 unspecified atom stereocenters. The van der Waals surface area contributed by atoms with Crippen LogP contribution in [0.1, 0.15) is 30.4 Å². The van der Waals surface area contributed by atoms with E-state index in [0.29, 0.717) is 0 Å². The molecule has 4 heteroatoms. The van der Waals surface area contributed by atoms with E-state index in [9.17, 15) is 0 Å². The lowest BCUT2D eigenvalue weighted by atomic mass is 9.83. The van der Waals surface area contributed by atoms with Crippen molar-refractivity contribution in [3.8, 4) is 5.75 Å². The van der Waals surface area contributed by atoms with Crippen LogP contribution in [-0.4, -0.2) is 56.7 Å². The summed E-state index contributed by atoms with van der Waals surface area (Å²) in [6, 6.07) is 6.74. The number of hydrogen-bond donors (Lipinski definition) is 0. The molecule has 0 spiro atoms. The monoisotopic (exact) mass is 338 g/mol. The quantitative estimate of drug-likeness (QED) is 0.792. The van der Waals surface area contributed by atoms with E-state index in [0.717, 1.165) is 24.8 Å². The van der Waals surface area contributed by atoms with Gasteiger partial charge in [0.15, 0.2) is 0 Å². The summed E-state index contributed by atoms with van der Waals surface area (Å²) in [5.41, 5.74) is 3.07. The molecule has 1 aliphatic carbocycles. The Balaban J connectivity index is 0.00000192. The molecule has 1 aromatic carbocycles. The van der Waals surface area contributed by atoms with Gasteiger partial charge in [0, 0.05) is 13.1 Å². The molecule has 1 fully saturated rings. The van der Waals surface area contributed by atoms with E-state index in [4.69, 9.17) is 4.74 Å². The summed E-state index contributed by atoms with van der Waals surface area (Å²) < 4.78 is 5.87. The highest BCUT2D eigenvalue weighted by molar-refractivity contribution is 5.85. The zero-order chi connectivity index (χ0) is 15.4. The summed E-state index contributed by atoms with van der Waals surface area (Å²) in [4.78, 5) is 4.82. The Morgan fingerprint density at radius 2 is 1.96 bits per heavy atom. The van der Waals surface area contributed by atoms with Gasteiger partial charge in [-0.15, -0.1) is 12.4 Å². The van der Waals surface area contributed by atoms with Crippen LogP contribution >= 0.6 is 12.4 Å². The highest BCUT2D eigenvalue weighted by Gasteiger charge is 2.22. The van der Waals surface area contributed by atoms with Crippen LogP contribution in [0, 0.1) is 5.92 Å². The molecule has 1 heterocycles. The van der Waals surface area contributed by atoms with Gasteiger partial charge < -0.3 is 14.5 Å². The van der Waals surface area contributed by atoms with Crippen molar-refractivity contribution in [1.29, 1.82) is 0 Å². The van der Waals surface area contributed by atoms with Gasteiger partial charge >= 0.3 is 0 Å². The standard InChI is InChI=1S/C19H30N2O.ClH/c1-20(2)11-12-22-19-8-7-17-13-16(5-6-18(17)14-19)15-21-9-3-4-10-21;/h7-8,14,16H,3-6,9-13,15H2,1-2H3;1H. The maximum Gasteiger partial charge on any atom is 0.119 e. The van der Waals surface area contributed by atoms with Crippen LogP contribution in [0.2, 0.25) is 0 Å². The molecule has 0 amide bonds. The van der Waals surface area contributed by atoms with Crippen molar-refractivity contribution in [3.05, 3.63) is 29.3 Å². The van der Waals surface area contributed by atoms with Crippen LogP contribution in [0.4, 0.5) is 0 Å². The second-order valence-electron chi connectivity index (χ2n) is 7.20. The molecule has 2 aliphatic rings. The number of ether oxygens (including phenoxy) is 1. The minimum atomic E-state index is 0. The minimum absolute atomic E-state index is 0. The minimum Gasteiger partial charge on any atom is -0.492 e. The Kier molecular flexibility index (Phi) is 7.19. The number of nitrogens with zero attached hydrogens (tertiary/aromatic N) is 2. The molecule has 1 atom stereocenters. The molecule has 3 nitrogen and oxygen atoms in total. The molecule has 0 bridgehead atoms. The van der Waals surface area contributed by atoms with Crippen molar-refractivity contribution < 1.29 is 4.74 Å². The Bertz CT molecular complexity index is 486. The maximum absolute atomic E-state index is 5.87. The molecule has 1 saturated heterocycles. The van der Waals surface area contributed by atoms with Crippen LogP contribution in [0.15, 0.2) is 18.2 Å². The maximum atomic E-state index is 5.87. The van der Waals surface area contributed by atoms with Gasteiger partial charge in [0.1, 0.15) is 12.4 Å². The first-order valence-corrected chi connectivity index (χ1v) is 8.82. The first kappa shape index (κ1) is 18.6. The summed E-state index contributed by atoms with van der Waals surface area (Å²) in [7, 11) is 4.16. The van der Waals surface area contributed by atoms with Gasteiger partial charge in [-0.3, -0.25) is 0 Å². The van der Waals surface area contributed by atoms with E-state index in [-0.39, 0.29) is 12.4 Å². The molecule has 23 heavy (non-hydrogen) atoms. The third-order valence-electron chi connectivity index (χ3n) is 5.03. The normalized spacial score (nSPS) is 21.1. The molecule has 0 saturated carbocycles. The summed E-state index contributed by atoms with van der Waals surface area (Å²) in [5.74, 6) is 1.89. The molecule has 1 aromatic rings. The van der Waals surface area contributed by atoms with E-state index in [1.807, 2.05) is 0 Å². The molecule has 130 valence electrons. The number of aryl methyl sites for hydroxylation is 1. The van der Waals surface area contributed by atoms with Crippen molar-refractivity contribution in [2.75, 3.05) is 46.9 Å². The Labute approximate surface area is 147 Å². The predicted octanol–water partition coefficient (Wildman–Crippen LogP) is 3.25. The second kappa shape index (κ2) is 8.91.